The van der Waals surface area contributed by atoms with Crippen LogP contribution in [0.15, 0.2) is 24.3 Å². The van der Waals surface area contributed by atoms with Crippen LogP contribution in [-0.2, 0) is 4.79 Å². The van der Waals surface area contributed by atoms with Gasteiger partial charge in [0.1, 0.15) is 11.4 Å². The molecule has 2 bridgehead atoms. The molecule has 2 aliphatic heterocycles. The Labute approximate surface area is 111 Å². The van der Waals surface area contributed by atoms with E-state index in [0.717, 1.165) is 26.1 Å². The van der Waals surface area contributed by atoms with Gasteiger partial charge in [0.05, 0.1) is 5.69 Å². The molecular weight excluding hydrogens is 245 g/mol. The number of amides is 1. The van der Waals surface area contributed by atoms with E-state index in [0.29, 0.717) is 12.1 Å². The van der Waals surface area contributed by atoms with Crippen molar-refractivity contribution in [3.8, 4) is 0 Å². The first kappa shape index (κ1) is 12.4. The number of piperidine rings is 1. The monoisotopic (exact) mass is 263 g/mol. The van der Waals surface area contributed by atoms with Crippen LogP contribution in [0.25, 0.3) is 0 Å². The van der Waals surface area contributed by atoms with E-state index < -0.39 is 5.54 Å². The van der Waals surface area contributed by atoms with Crippen molar-refractivity contribution in [3.63, 3.8) is 0 Å². The van der Waals surface area contributed by atoms with Gasteiger partial charge in [0, 0.05) is 19.0 Å². The van der Waals surface area contributed by atoms with E-state index in [2.05, 4.69) is 10.2 Å². The molecule has 0 radical (unpaired) electrons. The van der Waals surface area contributed by atoms with E-state index in [-0.39, 0.29) is 17.6 Å². The summed E-state index contributed by atoms with van der Waals surface area (Å²) in [7, 11) is 0. The second-order valence-corrected chi connectivity index (χ2v) is 5.48. The fourth-order valence-electron chi connectivity index (χ4n) is 3.33. The van der Waals surface area contributed by atoms with Crippen LogP contribution < -0.4 is 11.1 Å². The first-order chi connectivity index (χ1) is 9.12. The zero-order valence-corrected chi connectivity index (χ0v) is 10.7. The molecule has 19 heavy (non-hydrogen) atoms. The normalized spacial score (nSPS) is 33.1. The van der Waals surface area contributed by atoms with Gasteiger partial charge in [0.2, 0.25) is 5.91 Å². The molecule has 2 aliphatic rings. The van der Waals surface area contributed by atoms with Crippen molar-refractivity contribution in [2.45, 2.75) is 18.4 Å². The molecule has 3 N–H and O–H groups in total. The van der Waals surface area contributed by atoms with Crippen molar-refractivity contribution in [2.75, 3.05) is 25.0 Å². The summed E-state index contributed by atoms with van der Waals surface area (Å²) in [6.45, 7) is 2.70. The third kappa shape index (κ3) is 1.98. The van der Waals surface area contributed by atoms with Gasteiger partial charge in [0.25, 0.3) is 0 Å². The lowest BCUT2D eigenvalue weighted by atomic mass is 9.78. The van der Waals surface area contributed by atoms with E-state index >= 15 is 0 Å². The van der Waals surface area contributed by atoms with E-state index in [1.807, 2.05) is 0 Å². The number of nitrogens with two attached hydrogens (primary N) is 1. The SMILES string of the molecule is NC(=O)C1(Nc2ccccc2F)CCN2CCC1C2. The molecule has 1 aromatic rings. The number of halogens is 1. The summed E-state index contributed by atoms with van der Waals surface area (Å²) in [6.07, 6.45) is 1.58. The molecule has 102 valence electrons. The van der Waals surface area contributed by atoms with Crippen molar-refractivity contribution in [2.24, 2.45) is 11.7 Å². The lowest BCUT2D eigenvalue weighted by Crippen LogP contribution is -2.60. The fourth-order valence-corrected chi connectivity index (χ4v) is 3.33. The summed E-state index contributed by atoms with van der Waals surface area (Å²) in [5.41, 5.74) is 5.19. The maximum Gasteiger partial charge on any atom is 0.243 e. The molecule has 3 rings (SSSR count). The quantitative estimate of drug-likeness (QED) is 0.861. The Hall–Kier alpha value is -1.62. The summed E-state index contributed by atoms with van der Waals surface area (Å²) in [5.74, 6) is -0.552. The minimum Gasteiger partial charge on any atom is -0.369 e. The molecule has 0 aromatic heterocycles. The lowest BCUT2D eigenvalue weighted by molar-refractivity contribution is -0.125. The summed E-state index contributed by atoms with van der Waals surface area (Å²) in [5, 5.41) is 3.11. The number of anilines is 1. The first-order valence-corrected chi connectivity index (χ1v) is 6.67. The van der Waals surface area contributed by atoms with E-state index in [9.17, 15) is 9.18 Å². The average Bonchev–Trinajstić information content (AvgIpc) is 2.79. The Morgan fingerprint density at radius 2 is 2.21 bits per heavy atom. The summed E-state index contributed by atoms with van der Waals surface area (Å²) < 4.78 is 13.8. The molecule has 0 aliphatic carbocycles. The van der Waals surface area contributed by atoms with Gasteiger partial charge in [-0.1, -0.05) is 12.1 Å². The Balaban J connectivity index is 1.93. The van der Waals surface area contributed by atoms with Crippen molar-refractivity contribution in [1.82, 2.24) is 4.90 Å². The predicted octanol–water partition coefficient (Wildman–Crippen LogP) is 1.19. The number of carbonyl (C=O) groups is 1. The number of benzene rings is 1. The maximum absolute atomic E-state index is 13.8. The third-order valence-corrected chi connectivity index (χ3v) is 4.46. The van der Waals surface area contributed by atoms with Crippen LogP contribution in [0.3, 0.4) is 0 Å². The van der Waals surface area contributed by atoms with Crippen LogP contribution in [0.5, 0.6) is 0 Å². The highest BCUT2D eigenvalue weighted by Crippen LogP contribution is 2.38. The average molecular weight is 263 g/mol. The lowest BCUT2D eigenvalue weighted by Gasteiger charge is -2.41. The van der Waals surface area contributed by atoms with Crippen LogP contribution in [0, 0.1) is 11.7 Å². The van der Waals surface area contributed by atoms with Gasteiger partial charge < -0.3 is 16.0 Å². The number of nitrogens with one attached hydrogen (secondary N) is 1. The molecule has 2 heterocycles. The number of primary amides is 1. The Morgan fingerprint density at radius 3 is 2.95 bits per heavy atom. The van der Waals surface area contributed by atoms with Gasteiger partial charge in [-0.15, -0.1) is 0 Å². The molecule has 1 amide bonds. The Kier molecular flexibility index (Phi) is 2.93. The number of para-hydroxylation sites is 1. The minimum absolute atomic E-state index is 0.165. The van der Waals surface area contributed by atoms with Gasteiger partial charge in [-0.05, 0) is 31.5 Å². The molecule has 3 unspecified atom stereocenters. The van der Waals surface area contributed by atoms with Gasteiger partial charge >= 0.3 is 0 Å². The number of fused-ring (bicyclic) bond motifs is 2. The van der Waals surface area contributed by atoms with E-state index in [1.165, 1.54) is 6.07 Å². The molecule has 0 saturated carbocycles. The van der Waals surface area contributed by atoms with E-state index in [4.69, 9.17) is 5.73 Å². The number of carbonyl (C=O) groups excluding carboxylic acids is 1. The minimum atomic E-state index is -0.810. The first-order valence-electron chi connectivity index (χ1n) is 6.67. The highest BCUT2D eigenvalue weighted by Gasteiger charge is 2.50. The van der Waals surface area contributed by atoms with Gasteiger partial charge in [-0.3, -0.25) is 4.79 Å². The van der Waals surface area contributed by atoms with E-state index in [1.54, 1.807) is 18.2 Å². The predicted molar refractivity (Wildman–Crippen MR) is 71.1 cm³/mol. The maximum atomic E-state index is 13.8. The molecule has 1 aromatic carbocycles. The van der Waals surface area contributed by atoms with Crippen molar-refractivity contribution >= 4 is 11.6 Å². The number of hydrogen-bond acceptors (Lipinski definition) is 3. The largest absolute Gasteiger partial charge is 0.369 e. The van der Waals surface area contributed by atoms with Crippen LogP contribution >= 0.6 is 0 Å². The molecule has 0 spiro atoms. The van der Waals surface area contributed by atoms with Gasteiger partial charge in [-0.25, -0.2) is 4.39 Å². The number of nitrogens with zero attached hydrogens (tertiary/aromatic N) is 1. The highest BCUT2D eigenvalue weighted by molar-refractivity contribution is 5.88. The molecular formula is C14H18FN3O. The number of hydrogen-bond donors (Lipinski definition) is 2. The van der Waals surface area contributed by atoms with Crippen LogP contribution in [0.1, 0.15) is 12.8 Å². The summed E-state index contributed by atoms with van der Waals surface area (Å²) >= 11 is 0. The topological polar surface area (TPSA) is 58.4 Å². The standard InChI is InChI=1S/C14H18FN3O/c15-11-3-1-2-4-12(11)17-14(13(16)19)6-8-18-7-5-10(14)9-18/h1-4,10,17H,5-9H2,(H2,16,19). The Bertz CT molecular complexity index is 507. The van der Waals surface area contributed by atoms with Crippen molar-refractivity contribution < 1.29 is 9.18 Å². The Morgan fingerprint density at radius 1 is 1.42 bits per heavy atom. The third-order valence-electron chi connectivity index (χ3n) is 4.46. The second-order valence-electron chi connectivity index (χ2n) is 5.48. The molecule has 4 nitrogen and oxygen atoms in total. The smallest absolute Gasteiger partial charge is 0.243 e. The molecule has 2 fully saturated rings. The number of rotatable bonds is 3. The van der Waals surface area contributed by atoms with Crippen LogP contribution in [0.4, 0.5) is 10.1 Å². The van der Waals surface area contributed by atoms with Gasteiger partial charge in [-0.2, -0.15) is 0 Å². The second kappa shape index (κ2) is 4.49. The van der Waals surface area contributed by atoms with Crippen molar-refractivity contribution in [3.05, 3.63) is 30.1 Å². The summed E-state index contributed by atoms with van der Waals surface area (Å²) in [6, 6.07) is 6.43. The zero-order valence-electron chi connectivity index (χ0n) is 10.7. The van der Waals surface area contributed by atoms with Crippen LogP contribution in [-0.4, -0.2) is 36.0 Å². The highest BCUT2D eigenvalue weighted by atomic mass is 19.1. The molecule has 3 atom stereocenters. The summed E-state index contributed by atoms with van der Waals surface area (Å²) in [4.78, 5) is 14.3. The molecule has 5 heteroatoms. The van der Waals surface area contributed by atoms with Gasteiger partial charge in [0.15, 0.2) is 0 Å². The fraction of sp³-hybridized carbons (Fsp3) is 0.500. The zero-order chi connectivity index (χ0) is 13.5. The molecule has 2 saturated heterocycles. The van der Waals surface area contributed by atoms with Crippen molar-refractivity contribution in [1.29, 1.82) is 0 Å². The van der Waals surface area contributed by atoms with Crippen LogP contribution in [0.2, 0.25) is 0 Å².